The summed E-state index contributed by atoms with van der Waals surface area (Å²) in [5.41, 5.74) is 20.3. The first-order valence-corrected chi connectivity index (χ1v) is 16.9. The van der Waals surface area contributed by atoms with E-state index in [1.54, 1.807) is 0 Å². The zero-order chi connectivity index (χ0) is 32.7. The Labute approximate surface area is 277 Å². The molecule has 0 radical (unpaired) electrons. The first-order valence-electron chi connectivity index (χ1n) is 16.9. The molecule has 0 saturated heterocycles. The predicted octanol–water partition coefficient (Wildman–Crippen LogP) is 11.0. The Kier molecular flexibility index (Phi) is 8.11. The molecule has 0 atom stereocenters. The van der Waals surface area contributed by atoms with E-state index in [0.717, 1.165) is 98.3 Å². The van der Waals surface area contributed by atoms with E-state index in [9.17, 15) is 0 Å². The molecule has 0 spiro atoms. The van der Waals surface area contributed by atoms with Gasteiger partial charge in [0.2, 0.25) is 0 Å². The molecular weight excluding hydrogens is 573 g/mol. The van der Waals surface area contributed by atoms with E-state index < -0.39 is 0 Å². The van der Waals surface area contributed by atoms with Gasteiger partial charge in [0.05, 0.1) is 22.8 Å². The van der Waals surface area contributed by atoms with Gasteiger partial charge in [-0.3, -0.25) is 0 Å². The zero-order valence-corrected chi connectivity index (χ0v) is 28.1. The number of rotatable bonds is 7. The second kappa shape index (κ2) is 12.5. The molecule has 3 aromatic heterocycles. The highest BCUT2D eigenvalue weighted by Gasteiger charge is 2.21. The Bertz CT molecular complexity index is 2130. The Morgan fingerprint density at radius 2 is 1.04 bits per heavy atom. The van der Waals surface area contributed by atoms with Crippen molar-refractivity contribution in [1.82, 2.24) is 19.9 Å². The van der Waals surface area contributed by atoms with Gasteiger partial charge in [0.25, 0.3) is 0 Å². The summed E-state index contributed by atoms with van der Waals surface area (Å²) >= 11 is 0. The molecule has 4 heteroatoms. The lowest BCUT2D eigenvalue weighted by Crippen LogP contribution is -2.01. The Morgan fingerprint density at radius 1 is 0.553 bits per heavy atom. The fraction of sp³-hybridized carbons (Fsp3) is 0.209. The van der Waals surface area contributed by atoms with E-state index in [1.807, 2.05) is 6.08 Å². The molecule has 234 valence electrons. The van der Waals surface area contributed by atoms with Gasteiger partial charge >= 0.3 is 0 Å². The molecule has 4 nitrogen and oxygen atoms in total. The summed E-state index contributed by atoms with van der Waals surface area (Å²) < 4.78 is 0. The molecule has 2 aliphatic rings. The van der Waals surface area contributed by atoms with Crippen molar-refractivity contribution < 1.29 is 0 Å². The van der Waals surface area contributed by atoms with E-state index in [4.69, 9.17) is 9.97 Å². The molecule has 47 heavy (non-hydrogen) atoms. The van der Waals surface area contributed by atoms with Crippen molar-refractivity contribution in [2.75, 3.05) is 0 Å². The monoisotopic (exact) mass is 614 g/mol. The standard InChI is InChI=1S/C43H42N4/c1-7-11-29-12-14-32(15-13-29)42-37-20-16-33(44-37)26(5)35-18-22-39(46-35)43(41-30(9-3)24-28(8-2)25-31(41)10-4)40-23-19-36(47-40)27(6)34-17-21-38(42)45-34/h7,12-25,44-45H,1,8-11H2,2-6H3. The predicted molar refractivity (Wildman–Crippen MR) is 201 cm³/mol. The molecule has 5 aromatic rings. The molecule has 2 aromatic carbocycles. The van der Waals surface area contributed by atoms with Gasteiger partial charge in [-0.15, -0.1) is 6.58 Å². The van der Waals surface area contributed by atoms with Gasteiger partial charge in [0.1, 0.15) is 0 Å². The highest BCUT2D eigenvalue weighted by Crippen LogP contribution is 2.38. The lowest BCUT2D eigenvalue weighted by molar-refractivity contribution is 1.04. The number of hydrogen-bond acceptors (Lipinski definition) is 2. The largest absolute Gasteiger partial charge is 0.355 e. The molecule has 0 saturated carbocycles. The van der Waals surface area contributed by atoms with E-state index in [-0.39, 0.29) is 0 Å². The van der Waals surface area contributed by atoms with Crippen molar-refractivity contribution in [2.45, 2.75) is 60.3 Å². The number of H-pyrrole nitrogens is 2. The molecule has 7 rings (SSSR count). The third-order valence-electron chi connectivity index (χ3n) is 9.68. The number of nitrogens with zero attached hydrogens (tertiary/aromatic N) is 2. The lowest BCUT2D eigenvalue weighted by atomic mass is 9.88. The fourth-order valence-corrected chi connectivity index (χ4v) is 6.96. The Hall–Kier alpha value is -5.22. The number of nitrogens with one attached hydrogen (secondary N) is 2. The summed E-state index contributed by atoms with van der Waals surface area (Å²) in [7, 11) is 0. The first-order chi connectivity index (χ1) is 22.9. The molecule has 2 aliphatic heterocycles. The Morgan fingerprint density at radius 3 is 1.51 bits per heavy atom. The van der Waals surface area contributed by atoms with Crippen LogP contribution >= 0.6 is 0 Å². The van der Waals surface area contributed by atoms with Crippen LogP contribution in [0.15, 0.2) is 73.3 Å². The maximum Gasteiger partial charge on any atom is 0.0738 e. The summed E-state index contributed by atoms with van der Waals surface area (Å²) in [5.74, 6) is 0. The van der Waals surface area contributed by atoms with Crippen LogP contribution in [-0.4, -0.2) is 19.9 Å². The SMILES string of the molecule is C=CCc1ccc(-c2c3ccc([nH]3)c(C)c3nc(c(-c4c(CC)cc(CC)cc4CC)c4nc(c(C)c5ccc2[nH]5)C=C4)C=C3)cc1. The zero-order valence-electron chi connectivity index (χ0n) is 28.1. The van der Waals surface area contributed by atoms with Gasteiger partial charge in [0, 0.05) is 33.2 Å². The van der Waals surface area contributed by atoms with Crippen molar-refractivity contribution in [3.8, 4) is 22.3 Å². The summed E-state index contributed by atoms with van der Waals surface area (Å²) in [5, 5.41) is 0. The number of aromatic nitrogens is 4. The molecule has 0 amide bonds. The van der Waals surface area contributed by atoms with Crippen LogP contribution in [0.5, 0.6) is 0 Å². The second-order valence-corrected chi connectivity index (χ2v) is 12.5. The number of allylic oxidation sites excluding steroid dienone is 1. The van der Waals surface area contributed by atoms with Crippen LogP contribution in [0.2, 0.25) is 0 Å². The molecule has 8 bridgehead atoms. The number of hydrogen-bond donors (Lipinski definition) is 2. The fourth-order valence-electron chi connectivity index (χ4n) is 6.96. The minimum atomic E-state index is 0.850. The van der Waals surface area contributed by atoms with E-state index >= 15 is 0 Å². The van der Waals surface area contributed by atoms with E-state index in [1.165, 1.54) is 27.8 Å². The van der Waals surface area contributed by atoms with Gasteiger partial charge in [-0.1, -0.05) is 63.2 Å². The van der Waals surface area contributed by atoms with Crippen LogP contribution in [0.3, 0.4) is 0 Å². The maximum atomic E-state index is 5.31. The minimum absolute atomic E-state index is 0.850. The lowest BCUT2D eigenvalue weighted by Gasteiger charge is -2.17. The van der Waals surface area contributed by atoms with Crippen molar-refractivity contribution in [2.24, 2.45) is 0 Å². The number of fused-ring (bicyclic) bond motifs is 8. The summed E-state index contributed by atoms with van der Waals surface area (Å²) in [6, 6.07) is 22.3. The molecule has 2 N–H and O–H groups in total. The summed E-state index contributed by atoms with van der Waals surface area (Å²) in [4.78, 5) is 18.1. The van der Waals surface area contributed by atoms with Gasteiger partial charge in [-0.25, -0.2) is 9.97 Å². The van der Waals surface area contributed by atoms with Crippen molar-refractivity contribution in [3.05, 3.63) is 129 Å². The maximum absolute atomic E-state index is 5.31. The smallest absolute Gasteiger partial charge is 0.0738 e. The van der Waals surface area contributed by atoms with Crippen molar-refractivity contribution >= 4 is 46.4 Å². The van der Waals surface area contributed by atoms with E-state index in [2.05, 4.69) is 136 Å². The molecule has 5 heterocycles. The van der Waals surface area contributed by atoms with Gasteiger partial charge in [-0.2, -0.15) is 0 Å². The van der Waals surface area contributed by atoms with Crippen LogP contribution < -0.4 is 0 Å². The van der Waals surface area contributed by atoms with Gasteiger partial charge < -0.3 is 9.97 Å². The second-order valence-electron chi connectivity index (χ2n) is 12.5. The van der Waals surface area contributed by atoms with E-state index in [0.29, 0.717) is 0 Å². The first kappa shape index (κ1) is 30.4. The molecular formula is C43H42N4. The topological polar surface area (TPSA) is 57.4 Å². The van der Waals surface area contributed by atoms with Crippen LogP contribution in [0.1, 0.15) is 76.9 Å². The van der Waals surface area contributed by atoms with Gasteiger partial charge in [0.15, 0.2) is 0 Å². The molecule has 0 aliphatic carbocycles. The number of benzene rings is 2. The minimum Gasteiger partial charge on any atom is -0.355 e. The number of aryl methyl sites for hydroxylation is 5. The highest BCUT2D eigenvalue weighted by atomic mass is 14.8. The third kappa shape index (κ3) is 5.48. The van der Waals surface area contributed by atoms with Crippen LogP contribution in [0, 0.1) is 13.8 Å². The summed E-state index contributed by atoms with van der Waals surface area (Å²) in [6.07, 6.45) is 14.4. The quantitative estimate of drug-likeness (QED) is 0.176. The van der Waals surface area contributed by atoms with Gasteiger partial charge in [-0.05, 0) is 133 Å². The average molecular weight is 615 g/mol. The third-order valence-corrected chi connectivity index (χ3v) is 9.68. The molecule has 0 fully saturated rings. The van der Waals surface area contributed by atoms with Crippen molar-refractivity contribution in [3.63, 3.8) is 0 Å². The van der Waals surface area contributed by atoms with Crippen molar-refractivity contribution in [1.29, 1.82) is 0 Å². The molecule has 0 unspecified atom stereocenters. The number of aromatic amines is 2. The normalized spacial score (nSPS) is 12.2. The average Bonchev–Trinajstić information content (AvgIpc) is 3.93. The summed E-state index contributed by atoms with van der Waals surface area (Å²) in [6.45, 7) is 15.0. The Balaban J connectivity index is 1.59. The van der Waals surface area contributed by atoms with Crippen LogP contribution in [0.4, 0.5) is 0 Å². The van der Waals surface area contributed by atoms with Crippen LogP contribution in [-0.2, 0) is 25.7 Å². The highest BCUT2D eigenvalue weighted by molar-refractivity contribution is 5.95. The van der Waals surface area contributed by atoms with Crippen LogP contribution in [0.25, 0.3) is 68.6 Å².